The molecule has 0 aromatic heterocycles. The van der Waals surface area contributed by atoms with E-state index in [1.54, 1.807) is 0 Å². The van der Waals surface area contributed by atoms with Gasteiger partial charge in [-0.25, -0.2) is 0 Å². The zero-order chi connectivity index (χ0) is 27.1. The molecule has 2 heterocycles. The van der Waals surface area contributed by atoms with Gasteiger partial charge in [0.15, 0.2) is 0 Å². The van der Waals surface area contributed by atoms with E-state index < -0.39 is 58.4 Å². The first kappa shape index (κ1) is 24.9. The first-order valence-corrected chi connectivity index (χ1v) is 11.3. The van der Waals surface area contributed by atoms with E-state index in [1.165, 1.54) is 36.4 Å². The van der Waals surface area contributed by atoms with Gasteiger partial charge in [0.25, 0.3) is 0 Å². The summed E-state index contributed by atoms with van der Waals surface area (Å²) in [6.07, 6.45) is -0.00550. The van der Waals surface area contributed by atoms with E-state index in [1.807, 2.05) is 0 Å². The molecule has 3 aromatic carbocycles. The van der Waals surface area contributed by atoms with Crippen LogP contribution < -0.4 is 19.3 Å². The quantitative estimate of drug-likeness (QED) is 0.250. The number of rotatable bonds is 6. The standard InChI is InChI=1S/C26H16F4N2O6/c27-21-23(29)26(38-16-6-2-4-14(12-16)32-19(35)9-10-20(32)36)24(30)22(28)25(21)37-15-5-1-3-13(11-15)31-17(33)7-8-18(31)34/h1-6,11-12H,7-10H2. The number of amides is 4. The van der Waals surface area contributed by atoms with Crippen LogP contribution in [0.1, 0.15) is 25.7 Å². The molecular formula is C26H16F4N2O6. The van der Waals surface area contributed by atoms with Gasteiger partial charge in [-0.1, -0.05) is 12.1 Å². The lowest BCUT2D eigenvalue weighted by molar-refractivity contribution is -0.122. The Morgan fingerprint density at radius 2 is 0.842 bits per heavy atom. The third kappa shape index (κ3) is 4.33. The van der Waals surface area contributed by atoms with E-state index >= 15 is 0 Å². The van der Waals surface area contributed by atoms with Crippen molar-refractivity contribution in [2.75, 3.05) is 9.80 Å². The Kier molecular flexibility index (Phi) is 6.31. The maximum absolute atomic E-state index is 14.8. The molecule has 0 radical (unpaired) electrons. The Balaban J connectivity index is 1.44. The molecule has 38 heavy (non-hydrogen) atoms. The number of ether oxygens (including phenoxy) is 2. The normalized spacial score (nSPS) is 15.6. The van der Waals surface area contributed by atoms with E-state index in [2.05, 4.69) is 0 Å². The highest BCUT2D eigenvalue weighted by Gasteiger charge is 2.33. The van der Waals surface area contributed by atoms with Crippen LogP contribution in [-0.4, -0.2) is 23.6 Å². The molecule has 2 fully saturated rings. The molecule has 2 saturated heterocycles. The highest BCUT2D eigenvalue weighted by Crippen LogP contribution is 2.40. The summed E-state index contributed by atoms with van der Waals surface area (Å²) in [5.74, 6) is -13.0. The zero-order valence-corrected chi connectivity index (χ0v) is 19.3. The topological polar surface area (TPSA) is 93.2 Å². The average molecular weight is 528 g/mol. The number of benzene rings is 3. The lowest BCUT2D eigenvalue weighted by Gasteiger charge is -2.17. The van der Waals surface area contributed by atoms with Crippen LogP contribution in [0.25, 0.3) is 0 Å². The summed E-state index contributed by atoms with van der Waals surface area (Å²) in [5.41, 5.74) is 0.123. The van der Waals surface area contributed by atoms with Crippen LogP contribution in [0.4, 0.5) is 28.9 Å². The third-order valence-electron chi connectivity index (χ3n) is 5.88. The molecule has 2 aliphatic rings. The summed E-state index contributed by atoms with van der Waals surface area (Å²) < 4.78 is 69.5. The van der Waals surface area contributed by atoms with Gasteiger partial charge in [0.2, 0.25) is 58.4 Å². The Morgan fingerprint density at radius 3 is 1.16 bits per heavy atom. The van der Waals surface area contributed by atoms with Crippen LogP contribution in [0.2, 0.25) is 0 Å². The summed E-state index contributed by atoms with van der Waals surface area (Å²) >= 11 is 0. The van der Waals surface area contributed by atoms with Crippen molar-refractivity contribution < 1.29 is 46.2 Å². The molecule has 0 unspecified atom stereocenters. The fraction of sp³-hybridized carbons (Fsp3) is 0.154. The third-order valence-corrected chi connectivity index (χ3v) is 5.88. The number of carbonyl (C=O) groups excluding carboxylic acids is 4. The Labute approximate surface area is 212 Å². The van der Waals surface area contributed by atoms with E-state index in [4.69, 9.17) is 9.47 Å². The minimum absolute atomic E-state index is 0.00138. The molecule has 0 atom stereocenters. The summed E-state index contributed by atoms with van der Waals surface area (Å²) in [4.78, 5) is 49.6. The molecule has 8 nitrogen and oxygen atoms in total. The van der Waals surface area contributed by atoms with Gasteiger partial charge in [-0.05, 0) is 24.3 Å². The maximum atomic E-state index is 14.8. The Morgan fingerprint density at radius 1 is 0.526 bits per heavy atom. The Bertz CT molecular complexity index is 1350. The largest absolute Gasteiger partial charge is 0.451 e. The van der Waals surface area contributed by atoms with Crippen LogP contribution >= 0.6 is 0 Å². The number of anilines is 2. The van der Waals surface area contributed by atoms with Crippen LogP contribution in [-0.2, 0) is 19.2 Å². The molecule has 12 heteroatoms. The van der Waals surface area contributed by atoms with Gasteiger partial charge in [-0.2, -0.15) is 17.6 Å². The van der Waals surface area contributed by atoms with Gasteiger partial charge in [-0.3, -0.25) is 29.0 Å². The summed E-state index contributed by atoms with van der Waals surface area (Å²) in [6, 6.07) is 10.1. The van der Waals surface area contributed by atoms with Crippen LogP contribution in [0, 0.1) is 23.3 Å². The minimum atomic E-state index is -1.90. The van der Waals surface area contributed by atoms with Crippen molar-refractivity contribution in [2.45, 2.75) is 25.7 Å². The van der Waals surface area contributed by atoms with Gasteiger partial charge in [0.05, 0.1) is 11.4 Å². The van der Waals surface area contributed by atoms with Gasteiger partial charge in [0, 0.05) is 37.8 Å². The fourth-order valence-corrected chi connectivity index (χ4v) is 4.11. The molecule has 0 N–H and O–H groups in total. The molecule has 4 amide bonds. The SMILES string of the molecule is O=C1CCC(=O)N1c1cccc(Oc2c(F)c(F)c(Oc3cccc(N4C(=O)CCC4=O)c3)c(F)c2F)c1. The van der Waals surface area contributed by atoms with E-state index in [-0.39, 0.29) is 48.6 Å². The van der Waals surface area contributed by atoms with Gasteiger partial charge < -0.3 is 9.47 Å². The van der Waals surface area contributed by atoms with E-state index in [9.17, 15) is 36.7 Å². The number of imide groups is 2. The van der Waals surface area contributed by atoms with Gasteiger partial charge in [0.1, 0.15) is 11.5 Å². The monoisotopic (exact) mass is 528 g/mol. The predicted molar refractivity (Wildman–Crippen MR) is 123 cm³/mol. The summed E-state index contributed by atoms with van der Waals surface area (Å²) in [7, 11) is 0. The number of nitrogens with zero attached hydrogens (tertiary/aromatic N) is 2. The first-order valence-electron chi connectivity index (χ1n) is 11.3. The molecule has 2 aliphatic heterocycles. The van der Waals surface area contributed by atoms with Crippen molar-refractivity contribution >= 4 is 35.0 Å². The number of hydrogen-bond acceptors (Lipinski definition) is 6. The van der Waals surface area contributed by atoms with E-state index in [0.717, 1.165) is 21.9 Å². The van der Waals surface area contributed by atoms with Crippen molar-refractivity contribution in [3.63, 3.8) is 0 Å². The molecular weight excluding hydrogens is 512 g/mol. The number of halogens is 4. The summed E-state index contributed by atoms with van der Waals surface area (Å²) in [6.45, 7) is 0. The molecule has 0 aliphatic carbocycles. The Hall–Kier alpha value is -4.74. The lowest BCUT2D eigenvalue weighted by Crippen LogP contribution is -2.28. The molecule has 0 bridgehead atoms. The second-order valence-corrected chi connectivity index (χ2v) is 8.36. The maximum Gasteiger partial charge on any atom is 0.234 e. The van der Waals surface area contributed by atoms with E-state index in [0.29, 0.717) is 0 Å². The molecule has 5 rings (SSSR count). The van der Waals surface area contributed by atoms with Crippen molar-refractivity contribution in [3.8, 4) is 23.0 Å². The average Bonchev–Trinajstić information content (AvgIpc) is 3.42. The van der Waals surface area contributed by atoms with Crippen molar-refractivity contribution in [1.29, 1.82) is 0 Å². The van der Waals surface area contributed by atoms with Crippen molar-refractivity contribution in [1.82, 2.24) is 0 Å². The molecule has 0 spiro atoms. The van der Waals surface area contributed by atoms with Crippen LogP contribution in [0.3, 0.4) is 0 Å². The zero-order valence-electron chi connectivity index (χ0n) is 19.3. The smallest absolute Gasteiger partial charge is 0.234 e. The minimum Gasteiger partial charge on any atom is -0.451 e. The van der Waals surface area contributed by atoms with Crippen molar-refractivity contribution in [3.05, 3.63) is 71.8 Å². The highest BCUT2D eigenvalue weighted by molar-refractivity contribution is 6.20. The highest BCUT2D eigenvalue weighted by atomic mass is 19.2. The molecule has 194 valence electrons. The number of carbonyl (C=O) groups is 4. The molecule has 3 aromatic rings. The van der Waals surface area contributed by atoms with Gasteiger partial charge >= 0.3 is 0 Å². The van der Waals surface area contributed by atoms with Crippen LogP contribution in [0.15, 0.2) is 48.5 Å². The molecule has 0 saturated carbocycles. The summed E-state index contributed by atoms with van der Waals surface area (Å²) in [5, 5.41) is 0. The second-order valence-electron chi connectivity index (χ2n) is 8.36. The predicted octanol–water partition coefficient (Wildman–Crippen LogP) is 5.13. The van der Waals surface area contributed by atoms with Crippen molar-refractivity contribution in [2.24, 2.45) is 0 Å². The first-order chi connectivity index (χ1) is 18.2. The van der Waals surface area contributed by atoms with Crippen LogP contribution in [0.5, 0.6) is 23.0 Å². The second kappa shape index (κ2) is 9.61. The number of hydrogen-bond donors (Lipinski definition) is 0. The fourth-order valence-electron chi connectivity index (χ4n) is 4.11. The lowest BCUT2D eigenvalue weighted by atomic mass is 10.2. The van der Waals surface area contributed by atoms with Gasteiger partial charge in [-0.15, -0.1) is 0 Å².